The predicted octanol–water partition coefficient (Wildman–Crippen LogP) is 2.51. The van der Waals surface area contributed by atoms with Gasteiger partial charge in [-0.2, -0.15) is 0 Å². The molecule has 0 aliphatic rings. The maximum Gasteiger partial charge on any atom is 0.107 e. The SMILES string of the molecule is Cl.Cl.NCc1nc(-c2ccccn2)cs1. The highest BCUT2D eigenvalue weighted by molar-refractivity contribution is 7.09. The van der Waals surface area contributed by atoms with Crippen LogP contribution in [0.2, 0.25) is 0 Å². The normalized spacial score (nSPS) is 8.87. The molecule has 0 atom stereocenters. The lowest BCUT2D eigenvalue weighted by Gasteiger charge is -1.92. The van der Waals surface area contributed by atoms with Gasteiger partial charge in [0.2, 0.25) is 0 Å². The summed E-state index contributed by atoms with van der Waals surface area (Å²) < 4.78 is 0. The van der Waals surface area contributed by atoms with Crippen molar-refractivity contribution < 1.29 is 0 Å². The third kappa shape index (κ3) is 3.43. The van der Waals surface area contributed by atoms with Gasteiger partial charge in [0, 0.05) is 18.1 Å². The van der Waals surface area contributed by atoms with Gasteiger partial charge in [0.15, 0.2) is 0 Å². The summed E-state index contributed by atoms with van der Waals surface area (Å²) in [4.78, 5) is 8.53. The second-order valence-electron chi connectivity index (χ2n) is 2.55. The van der Waals surface area contributed by atoms with Crippen LogP contribution in [0.4, 0.5) is 0 Å². The molecule has 2 aromatic rings. The minimum Gasteiger partial charge on any atom is -0.325 e. The second kappa shape index (κ2) is 6.74. The summed E-state index contributed by atoms with van der Waals surface area (Å²) in [6.45, 7) is 0.498. The molecule has 0 spiro atoms. The number of pyridine rings is 1. The Kier molecular flexibility index (Phi) is 6.43. The lowest BCUT2D eigenvalue weighted by molar-refractivity contribution is 1.04. The van der Waals surface area contributed by atoms with Gasteiger partial charge in [-0.15, -0.1) is 36.2 Å². The van der Waals surface area contributed by atoms with E-state index in [4.69, 9.17) is 5.73 Å². The van der Waals surface area contributed by atoms with Crippen molar-refractivity contribution in [2.45, 2.75) is 6.54 Å². The van der Waals surface area contributed by atoms with Crippen LogP contribution >= 0.6 is 36.2 Å². The molecule has 15 heavy (non-hydrogen) atoms. The predicted molar refractivity (Wildman–Crippen MR) is 67.7 cm³/mol. The molecule has 0 aliphatic carbocycles. The summed E-state index contributed by atoms with van der Waals surface area (Å²) in [6, 6.07) is 5.78. The third-order valence-corrected chi connectivity index (χ3v) is 2.52. The Bertz CT molecular complexity index is 391. The molecule has 2 rings (SSSR count). The fraction of sp³-hybridized carbons (Fsp3) is 0.111. The zero-order valence-corrected chi connectivity index (χ0v) is 10.2. The van der Waals surface area contributed by atoms with Crippen molar-refractivity contribution in [3.63, 3.8) is 0 Å². The highest BCUT2D eigenvalue weighted by Crippen LogP contribution is 2.18. The molecule has 2 N–H and O–H groups in total. The van der Waals surface area contributed by atoms with Crippen molar-refractivity contribution >= 4 is 36.2 Å². The number of hydrogen-bond acceptors (Lipinski definition) is 4. The van der Waals surface area contributed by atoms with Gasteiger partial charge in [0.1, 0.15) is 5.01 Å². The lowest BCUT2D eigenvalue weighted by atomic mass is 10.3. The van der Waals surface area contributed by atoms with E-state index >= 15 is 0 Å². The Morgan fingerprint density at radius 1 is 1.20 bits per heavy atom. The van der Waals surface area contributed by atoms with E-state index in [2.05, 4.69) is 9.97 Å². The van der Waals surface area contributed by atoms with Crippen LogP contribution in [0, 0.1) is 0 Å². The van der Waals surface area contributed by atoms with Gasteiger partial charge >= 0.3 is 0 Å². The zero-order chi connectivity index (χ0) is 9.10. The molecule has 0 saturated heterocycles. The quantitative estimate of drug-likeness (QED) is 0.906. The highest BCUT2D eigenvalue weighted by atomic mass is 35.5. The Balaban J connectivity index is 0.000000980. The lowest BCUT2D eigenvalue weighted by Crippen LogP contribution is -1.94. The molecule has 0 radical (unpaired) electrons. The number of aromatic nitrogens is 2. The van der Waals surface area contributed by atoms with Crippen molar-refractivity contribution in [3.8, 4) is 11.4 Å². The number of thiazole rings is 1. The Labute approximate surface area is 105 Å². The van der Waals surface area contributed by atoms with E-state index < -0.39 is 0 Å². The van der Waals surface area contributed by atoms with Gasteiger partial charge in [-0.25, -0.2) is 4.98 Å². The third-order valence-electron chi connectivity index (χ3n) is 1.65. The minimum absolute atomic E-state index is 0. The minimum atomic E-state index is 0. The summed E-state index contributed by atoms with van der Waals surface area (Å²) in [5.41, 5.74) is 7.28. The van der Waals surface area contributed by atoms with Gasteiger partial charge in [0.25, 0.3) is 0 Å². The second-order valence-corrected chi connectivity index (χ2v) is 3.49. The topological polar surface area (TPSA) is 51.8 Å². The average Bonchev–Trinajstić information content (AvgIpc) is 2.67. The van der Waals surface area contributed by atoms with Crippen LogP contribution in [0.5, 0.6) is 0 Å². The van der Waals surface area contributed by atoms with Crippen LogP contribution in [-0.2, 0) is 6.54 Å². The first-order valence-electron chi connectivity index (χ1n) is 3.96. The molecule has 0 bridgehead atoms. The van der Waals surface area contributed by atoms with Gasteiger partial charge < -0.3 is 5.73 Å². The van der Waals surface area contributed by atoms with Crippen molar-refractivity contribution in [1.29, 1.82) is 0 Å². The molecule has 0 unspecified atom stereocenters. The summed E-state index contributed by atoms with van der Waals surface area (Å²) in [6.07, 6.45) is 1.76. The Hall–Kier alpha value is -0.680. The molecule has 2 heterocycles. The van der Waals surface area contributed by atoms with E-state index in [1.165, 1.54) is 0 Å². The molecule has 6 heteroatoms. The van der Waals surface area contributed by atoms with Crippen molar-refractivity contribution in [2.24, 2.45) is 5.73 Å². The van der Waals surface area contributed by atoms with E-state index in [0.717, 1.165) is 16.4 Å². The standard InChI is InChI=1S/C9H9N3S.2ClH/c10-5-9-12-8(6-13-9)7-3-1-2-4-11-7;;/h1-4,6H,5,10H2;2*1H. The first kappa shape index (κ1) is 14.3. The maximum atomic E-state index is 5.47. The number of rotatable bonds is 2. The summed E-state index contributed by atoms with van der Waals surface area (Å²) in [5, 5.41) is 2.92. The van der Waals surface area contributed by atoms with Crippen LogP contribution in [0.15, 0.2) is 29.8 Å². The van der Waals surface area contributed by atoms with Gasteiger partial charge in [0.05, 0.1) is 11.4 Å². The van der Waals surface area contributed by atoms with Crippen LogP contribution in [0.1, 0.15) is 5.01 Å². The molecular formula is C9H11Cl2N3S. The summed E-state index contributed by atoms with van der Waals surface area (Å²) >= 11 is 1.57. The van der Waals surface area contributed by atoms with Gasteiger partial charge in [-0.1, -0.05) is 6.07 Å². The molecule has 0 saturated carbocycles. The van der Waals surface area contributed by atoms with Gasteiger partial charge in [-0.05, 0) is 12.1 Å². The monoisotopic (exact) mass is 263 g/mol. The van der Waals surface area contributed by atoms with Crippen LogP contribution in [0.3, 0.4) is 0 Å². The first-order valence-corrected chi connectivity index (χ1v) is 4.84. The number of nitrogens with zero attached hydrogens (tertiary/aromatic N) is 2. The molecule has 82 valence electrons. The molecular weight excluding hydrogens is 253 g/mol. The van der Waals surface area contributed by atoms with Gasteiger partial charge in [-0.3, -0.25) is 4.98 Å². The maximum absolute atomic E-state index is 5.47. The highest BCUT2D eigenvalue weighted by Gasteiger charge is 2.02. The van der Waals surface area contributed by atoms with E-state index in [1.807, 2.05) is 23.6 Å². The summed E-state index contributed by atoms with van der Waals surface area (Å²) in [5.74, 6) is 0. The Morgan fingerprint density at radius 3 is 2.53 bits per heavy atom. The van der Waals surface area contributed by atoms with Crippen molar-refractivity contribution in [2.75, 3.05) is 0 Å². The fourth-order valence-corrected chi connectivity index (χ4v) is 1.70. The van der Waals surface area contributed by atoms with E-state index in [-0.39, 0.29) is 24.8 Å². The number of hydrogen-bond donors (Lipinski definition) is 1. The van der Waals surface area contributed by atoms with E-state index in [1.54, 1.807) is 17.5 Å². The van der Waals surface area contributed by atoms with Crippen LogP contribution in [0.25, 0.3) is 11.4 Å². The van der Waals surface area contributed by atoms with Crippen LogP contribution in [-0.4, -0.2) is 9.97 Å². The molecule has 0 aliphatic heterocycles. The fourth-order valence-electron chi connectivity index (χ4n) is 1.04. The largest absolute Gasteiger partial charge is 0.325 e. The molecule has 0 fully saturated rings. The summed E-state index contributed by atoms with van der Waals surface area (Å²) in [7, 11) is 0. The van der Waals surface area contributed by atoms with Crippen molar-refractivity contribution in [1.82, 2.24) is 9.97 Å². The average molecular weight is 264 g/mol. The molecule has 2 aromatic heterocycles. The van der Waals surface area contributed by atoms with Crippen molar-refractivity contribution in [3.05, 3.63) is 34.8 Å². The van der Waals surface area contributed by atoms with E-state index in [9.17, 15) is 0 Å². The number of halogens is 2. The van der Waals surface area contributed by atoms with E-state index in [0.29, 0.717) is 6.54 Å². The Morgan fingerprint density at radius 2 is 2.00 bits per heavy atom. The molecule has 3 nitrogen and oxygen atoms in total. The first-order chi connectivity index (χ1) is 6.40. The zero-order valence-electron chi connectivity index (χ0n) is 7.79. The smallest absolute Gasteiger partial charge is 0.107 e. The molecule has 0 aromatic carbocycles. The number of nitrogens with two attached hydrogens (primary N) is 1. The molecule has 0 amide bonds. The van der Waals surface area contributed by atoms with Crippen LogP contribution < -0.4 is 5.73 Å².